The molecule has 0 atom stereocenters. The van der Waals surface area contributed by atoms with Crippen LogP contribution in [0.1, 0.15) is 27.0 Å². The highest BCUT2D eigenvalue weighted by molar-refractivity contribution is 6.10. The molecule has 0 saturated heterocycles. The van der Waals surface area contributed by atoms with E-state index in [9.17, 15) is 14.0 Å². The first-order valence-electron chi connectivity index (χ1n) is 9.01. The summed E-state index contributed by atoms with van der Waals surface area (Å²) in [6.45, 7) is 2.29. The summed E-state index contributed by atoms with van der Waals surface area (Å²) in [6.07, 6.45) is 1.58. The molecule has 0 aliphatic rings. The monoisotopic (exact) mass is 371 g/mol. The van der Waals surface area contributed by atoms with Crippen molar-refractivity contribution in [2.75, 3.05) is 0 Å². The summed E-state index contributed by atoms with van der Waals surface area (Å²) in [6, 6.07) is 20.6. The van der Waals surface area contributed by atoms with Gasteiger partial charge in [-0.3, -0.25) is 9.59 Å². The average molecular weight is 371 g/mol. The molecule has 4 aromatic rings. The Bertz CT molecular complexity index is 1240. The number of para-hydroxylation sites is 1. The Hall–Kier alpha value is -3.53. The van der Waals surface area contributed by atoms with Crippen LogP contribution in [-0.4, -0.2) is 10.4 Å². The van der Waals surface area contributed by atoms with E-state index in [1.165, 1.54) is 12.1 Å². The van der Waals surface area contributed by atoms with E-state index in [0.717, 1.165) is 11.1 Å². The van der Waals surface area contributed by atoms with Crippen molar-refractivity contribution in [1.82, 2.24) is 4.57 Å². The van der Waals surface area contributed by atoms with E-state index < -0.39 is 0 Å². The first-order valence-corrected chi connectivity index (χ1v) is 9.01. The van der Waals surface area contributed by atoms with Crippen molar-refractivity contribution >= 4 is 16.7 Å². The zero-order valence-corrected chi connectivity index (χ0v) is 15.4. The van der Waals surface area contributed by atoms with Crippen molar-refractivity contribution < 1.29 is 9.18 Å². The van der Waals surface area contributed by atoms with Crippen LogP contribution in [0.25, 0.3) is 10.9 Å². The van der Waals surface area contributed by atoms with Gasteiger partial charge in [0, 0.05) is 23.7 Å². The molecule has 0 aliphatic carbocycles. The lowest BCUT2D eigenvalue weighted by molar-refractivity contribution is 0.103. The molecular formula is C24H18FNO2. The van der Waals surface area contributed by atoms with Crippen molar-refractivity contribution in [2.24, 2.45) is 0 Å². The fraction of sp³-hybridized carbons (Fsp3) is 0.0833. The van der Waals surface area contributed by atoms with E-state index in [1.54, 1.807) is 36.5 Å². The molecule has 3 nitrogen and oxygen atoms in total. The zero-order chi connectivity index (χ0) is 19.7. The number of halogens is 1. The third-order valence-corrected chi connectivity index (χ3v) is 4.79. The van der Waals surface area contributed by atoms with Gasteiger partial charge in [-0.2, -0.15) is 0 Å². The Balaban J connectivity index is 1.87. The van der Waals surface area contributed by atoms with E-state index in [0.29, 0.717) is 23.0 Å². The molecule has 28 heavy (non-hydrogen) atoms. The lowest BCUT2D eigenvalue weighted by atomic mass is 10.0. The third-order valence-electron chi connectivity index (χ3n) is 4.79. The maximum atomic E-state index is 13.6. The molecule has 1 aromatic heterocycles. The van der Waals surface area contributed by atoms with E-state index in [4.69, 9.17) is 0 Å². The van der Waals surface area contributed by atoms with Crippen LogP contribution in [0.15, 0.2) is 83.8 Å². The minimum absolute atomic E-state index is 0.110. The summed E-state index contributed by atoms with van der Waals surface area (Å²) >= 11 is 0. The molecule has 0 fully saturated rings. The second-order valence-corrected chi connectivity index (χ2v) is 6.84. The Kier molecular flexibility index (Phi) is 4.62. The molecule has 4 heteroatoms. The molecular weight excluding hydrogens is 353 g/mol. The van der Waals surface area contributed by atoms with Gasteiger partial charge >= 0.3 is 0 Å². The molecule has 0 unspecified atom stereocenters. The topological polar surface area (TPSA) is 39.1 Å². The highest BCUT2D eigenvalue weighted by atomic mass is 19.1. The van der Waals surface area contributed by atoms with Crippen LogP contribution in [0.5, 0.6) is 0 Å². The summed E-state index contributed by atoms with van der Waals surface area (Å²) < 4.78 is 15.4. The van der Waals surface area contributed by atoms with Gasteiger partial charge in [0.15, 0.2) is 5.78 Å². The summed E-state index contributed by atoms with van der Waals surface area (Å²) in [4.78, 5) is 26.0. The number of ketones is 1. The molecule has 0 N–H and O–H groups in total. The molecule has 138 valence electrons. The number of nitrogens with zero attached hydrogens (tertiary/aromatic N) is 1. The molecule has 0 spiro atoms. The van der Waals surface area contributed by atoms with Crippen LogP contribution < -0.4 is 5.43 Å². The number of pyridine rings is 1. The van der Waals surface area contributed by atoms with E-state index >= 15 is 0 Å². The fourth-order valence-corrected chi connectivity index (χ4v) is 3.33. The summed E-state index contributed by atoms with van der Waals surface area (Å²) in [5, 5.41) is 0.469. The number of aromatic nitrogens is 1. The number of hydrogen-bond donors (Lipinski definition) is 0. The molecule has 0 bridgehead atoms. The number of carbonyl (C=O) groups is 1. The maximum Gasteiger partial charge on any atom is 0.200 e. The number of fused-ring (bicyclic) bond motifs is 1. The highest BCUT2D eigenvalue weighted by Gasteiger charge is 2.17. The SMILES string of the molecule is Cc1ccc(C(=O)c2cn(Cc3cccc(F)c3)c3ccccc3c2=O)cc1. The van der Waals surface area contributed by atoms with Gasteiger partial charge in [0.25, 0.3) is 0 Å². The maximum absolute atomic E-state index is 13.6. The normalized spacial score (nSPS) is 10.9. The van der Waals surface area contributed by atoms with E-state index in [2.05, 4.69) is 0 Å². The Morgan fingerprint density at radius 3 is 2.46 bits per heavy atom. The second-order valence-electron chi connectivity index (χ2n) is 6.84. The number of aryl methyl sites for hydroxylation is 1. The van der Waals surface area contributed by atoms with Gasteiger partial charge in [0.2, 0.25) is 5.43 Å². The number of rotatable bonds is 4. The highest BCUT2D eigenvalue weighted by Crippen LogP contribution is 2.17. The van der Waals surface area contributed by atoms with E-state index in [1.807, 2.05) is 41.8 Å². The van der Waals surface area contributed by atoms with Crippen molar-refractivity contribution in [3.8, 4) is 0 Å². The van der Waals surface area contributed by atoms with Crippen LogP contribution in [-0.2, 0) is 6.54 Å². The average Bonchev–Trinajstić information content (AvgIpc) is 2.70. The quantitative estimate of drug-likeness (QED) is 0.487. The van der Waals surface area contributed by atoms with Gasteiger partial charge in [-0.25, -0.2) is 4.39 Å². The predicted molar refractivity (Wildman–Crippen MR) is 108 cm³/mol. The molecule has 3 aromatic carbocycles. The van der Waals surface area contributed by atoms with Crippen molar-refractivity contribution in [2.45, 2.75) is 13.5 Å². The second kappa shape index (κ2) is 7.24. The van der Waals surface area contributed by atoms with Crippen LogP contribution >= 0.6 is 0 Å². The Morgan fingerprint density at radius 2 is 1.71 bits per heavy atom. The lowest BCUT2D eigenvalue weighted by Gasteiger charge is -2.13. The van der Waals surface area contributed by atoms with Gasteiger partial charge in [-0.15, -0.1) is 0 Å². The van der Waals surface area contributed by atoms with Crippen molar-refractivity contribution in [3.63, 3.8) is 0 Å². The fourth-order valence-electron chi connectivity index (χ4n) is 3.33. The summed E-state index contributed by atoms with van der Waals surface area (Å²) in [7, 11) is 0. The van der Waals surface area contributed by atoms with E-state index in [-0.39, 0.29) is 22.6 Å². The zero-order valence-electron chi connectivity index (χ0n) is 15.4. The van der Waals surface area contributed by atoms with Crippen LogP contribution in [0.4, 0.5) is 4.39 Å². The summed E-state index contributed by atoms with van der Waals surface area (Å²) in [5.41, 5.74) is 2.78. The first-order chi connectivity index (χ1) is 13.5. The molecule has 0 amide bonds. The predicted octanol–water partition coefficient (Wildman–Crippen LogP) is 4.73. The number of benzene rings is 3. The molecule has 1 heterocycles. The van der Waals surface area contributed by atoms with Gasteiger partial charge in [0.05, 0.1) is 11.1 Å². The minimum atomic E-state index is -0.321. The van der Waals surface area contributed by atoms with Crippen LogP contribution in [0, 0.1) is 12.7 Å². The van der Waals surface area contributed by atoms with Gasteiger partial charge in [-0.05, 0) is 36.8 Å². The minimum Gasteiger partial charge on any atom is -0.342 e. The summed E-state index contributed by atoms with van der Waals surface area (Å²) in [5.74, 6) is -0.637. The third kappa shape index (κ3) is 3.37. The largest absolute Gasteiger partial charge is 0.342 e. The van der Waals surface area contributed by atoms with Crippen LogP contribution in [0.2, 0.25) is 0 Å². The molecule has 0 saturated carbocycles. The standard InChI is InChI=1S/C24H18FNO2/c1-16-9-11-18(12-10-16)23(27)21-15-26(14-17-5-4-6-19(25)13-17)22-8-3-2-7-20(22)24(21)28/h2-13,15H,14H2,1H3. The smallest absolute Gasteiger partial charge is 0.200 e. The Labute approximate surface area is 161 Å². The Morgan fingerprint density at radius 1 is 0.964 bits per heavy atom. The van der Waals surface area contributed by atoms with Gasteiger partial charge in [-0.1, -0.05) is 54.1 Å². The molecule has 0 radical (unpaired) electrons. The lowest BCUT2D eigenvalue weighted by Crippen LogP contribution is -2.20. The first kappa shape index (κ1) is 17.9. The number of carbonyl (C=O) groups excluding carboxylic acids is 1. The van der Waals surface area contributed by atoms with Gasteiger partial charge < -0.3 is 4.57 Å². The molecule has 4 rings (SSSR count). The van der Waals surface area contributed by atoms with Crippen molar-refractivity contribution in [3.05, 3.63) is 117 Å². The van der Waals surface area contributed by atoms with Gasteiger partial charge in [0.1, 0.15) is 5.82 Å². The van der Waals surface area contributed by atoms with Crippen LogP contribution in [0.3, 0.4) is 0 Å². The van der Waals surface area contributed by atoms with Crippen molar-refractivity contribution in [1.29, 1.82) is 0 Å². The number of hydrogen-bond acceptors (Lipinski definition) is 2. The molecule has 0 aliphatic heterocycles.